The fourth-order valence-corrected chi connectivity index (χ4v) is 3.17. The van der Waals surface area contributed by atoms with Crippen molar-refractivity contribution in [1.82, 2.24) is 10.3 Å². The molecule has 0 aliphatic rings. The maximum absolute atomic E-state index is 13.1. The number of hydrogen-bond acceptors (Lipinski definition) is 5. The van der Waals surface area contributed by atoms with Crippen molar-refractivity contribution in [3.05, 3.63) is 110 Å². The van der Waals surface area contributed by atoms with E-state index in [-0.39, 0.29) is 16.6 Å². The highest BCUT2D eigenvalue weighted by Gasteiger charge is 2.22. The van der Waals surface area contributed by atoms with Crippen LogP contribution in [-0.4, -0.2) is 15.8 Å². The smallest absolute Gasteiger partial charge is 0.270 e. The summed E-state index contributed by atoms with van der Waals surface area (Å²) in [5.74, 6) is -0.0310. The molecule has 4 aromatic rings. The Morgan fingerprint density at radius 1 is 1.07 bits per heavy atom. The minimum atomic E-state index is -0.591. The number of hydrogen-bond donors (Lipinski definition) is 2. The second-order valence-electron chi connectivity index (χ2n) is 6.37. The molecule has 2 aromatic carbocycles. The molecule has 2 aromatic heterocycles. The van der Waals surface area contributed by atoms with Gasteiger partial charge in [0.05, 0.1) is 16.7 Å². The molecule has 0 aliphatic carbocycles. The van der Waals surface area contributed by atoms with E-state index in [1.165, 1.54) is 24.5 Å². The number of furan rings is 1. The van der Waals surface area contributed by atoms with Crippen LogP contribution in [0, 0.1) is 10.1 Å². The number of nitro benzene ring substituents is 1. The summed E-state index contributed by atoms with van der Waals surface area (Å²) in [5, 5.41) is 14.3. The van der Waals surface area contributed by atoms with Gasteiger partial charge in [0.2, 0.25) is 5.56 Å². The molecule has 0 saturated carbocycles. The summed E-state index contributed by atoms with van der Waals surface area (Å²) < 4.78 is 5.48. The number of carbonyl (C=O) groups is 1. The second-order valence-corrected chi connectivity index (χ2v) is 6.37. The molecule has 1 amide bonds. The molecule has 144 valence electrons. The molecule has 0 bridgehead atoms. The van der Waals surface area contributed by atoms with Crippen LogP contribution in [0.15, 0.2) is 82.2 Å². The molecule has 8 heteroatoms. The van der Waals surface area contributed by atoms with E-state index in [1.54, 1.807) is 12.1 Å². The Morgan fingerprint density at radius 2 is 1.86 bits per heavy atom. The van der Waals surface area contributed by atoms with Gasteiger partial charge in [0.15, 0.2) is 0 Å². The lowest BCUT2D eigenvalue weighted by Crippen LogP contribution is -2.30. The van der Waals surface area contributed by atoms with Crippen molar-refractivity contribution in [3.63, 3.8) is 0 Å². The maximum atomic E-state index is 13.1. The highest BCUT2D eigenvalue weighted by Crippen LogP contribution is 2.25. The average molecular weight is 389 g/mol. The first kappa shape index (κ1) is 18.2. The van der Waals surface area contributed by atoms with Gasteiger partial charge >= 0.3 is 0 Å². The summed E-state index contributed by atoms with van der Waals surface area (Å²) in [6, 6.07) is 17.1. The van der Waals surface area contributed by atoms with Gasteiger partial charge in [0.25, 0.3) is 11.6 Å². The van der Waals surface area contributed by atoms with Gasteiger partial charge in [-0.15, -0.1) is 0 Å². The number of H-pyrrole nitrogens is 1. The van der Waals surface area contributed by atoms with E-state index in [0.29, 0.717) is 11.3 Å². The van der Waals surface area contributed by atoms with Crippen LogP contribution in [0.5, 0.6) is 0 Å². The van der Waals surface area contributed by atoms with Crippen molar-refractivity contribution in [2.75, 3.05) is 0 Å². The third-order valence-electron chi connectivity index (χ3n) is 4.52. The first-order valence-electron chi connectivity index (χ1n) is 8.73. The number of aromatic nitrogens is 1. The van der Waals surface area contributed by atoms with Crippen molar-refractivity contribution >= 4 is 22.5 Å². The van der Waals surface area contributed by atoms with Gasteiger partial charge in [-0.1, -0.05) is 30.3 Å². The number of benzene rings is 2. The Labute approximate surface area is 163 Å². The number of rotatable bonds is 5. The van der Waals surface area contributed by atoms with Crippen molar-refractivity contribution in [3.8, 4) is 0 Å². The third kappa shape index (κ3) is 3.63. The summed E-state index contributed by atoms with van der Waals surface area (Å²) in [6.45, 7) is 0. The minimum absolute atomic E-state index is 0.0416. The molecule has 1 atom stereocenters. The van der Waals surface area contributed by atoms with Crippen molar-refractivity contribution in [2.24, 2.45) is 0 Å². The van der Waals surface area contributed by atoms with Gasteiger partial charge < -0.3 is 14.7 Å². The Bertz CT molecular complexity index is 1250. The fourth-order valence-electron chi connectivity index (χ4n) is 3.17. The molecule has 4 rings (SSSR count). The van der Waals surface area contributed by atoms with Crippen LogP contribution in [0.4, 0.5) is 5.69 Å². The van der Waals surface area contributed by atoms with Gasteiger partial charge in [0, 0.05) is 29.1 Å². The van der Waals surface area contributed by atoms with E-state index < -0.39 is 22.4 Å². The number of nitrogens with zero attached hydrogens (tertiary/aromatic N) is 1. The zero-order valence-corrected chi connectivity index (χ0v) is 15.0. The Balaban J connectivity index is 1.79. The number of nitro groups is 1. The largest absolute Gasteiger partial charge is 0.467 e. The molecule has 1 unspecified atom stereocenters. The number of aromatic amines is 1. The van der Waals surface area contributed by atoms with Crippen molar-refractivity contribution in [2.45, 2.75) is 6.04 Å². The second kappa shape index (κ2) is 7.43. The highest BCUT2D eigenvalue weighted by molar-refractivity contribution is 6.06. The summed E-state index contributed by atoms with van der Waals surface area (Å²) in [6.07, 6.45) is 1.50. The standard InChI is InChI=1S/C21H15N3O5/c25-19-12-16(15-11-14(24(27)28)8-9-17(15)22-19)21(26)23-20(18-7-4-10-29-18)13-5-2-1-3-6-13/h1-12,20H,(H,22,25)(H,23,26). The van der Waals surface area contributed by atoms with Crippen LogP contribution in [0.3, 0.4) is 0 Å². The monoisotopic (exact) mass is 389 g/mol. The Morgan fingerprint density at radius 3 is 2.55 bits per heavy atom. The molecule has 8 nitrogen and oxygen atoms in total. The molecule has 0 saturated heterocycles. The molecule has 0 radical (unpaired) electrons. The molecule has 0 spiro atoms. The number of carbonyl (C=O) groups excluding carboxylic acids is 1. The number of non-ortho nitro benzene ring substituents is 1. The van der Waals surface area contributed by atoms with E-state index in [9.17, 15) is 19.7 Å². The van der Waals surface area contributed by atoms with Crippen LogP contribution >= 0.6 is 0 Å². The fraction of sp³-hybridized carbons (Fsp3) is 0.0476. The summed E-state index contributed by atoms with van der Waals surface area (Å²) >= 11 is 0. The van der Waals surface area contributed by atoms with Crippen LogP contribution < -0.4 is 10.9 Å². The molecule has 29 heavy (non-hydrogen) atoms. The van der Waals surface area contributed by atoms with E-state index >= 15 is 0 Å². The number of pyridine rings is 1. The van der Waals surface area contributed by atoms with Gasteiger partial charge in [-0.2, -0.15) is 0 Å². The molecule has 2 heterocycles. The first-order valence-corrected chi connectivity index (χ1v) is 8.73. The Hall–Kier alpha value is -4.20. The van der Waals surface area contributed by atoms with Crippen molar-refractivity contribution < 1.29 is 14.1 Å². The van der Waals surface area contributed by atoms with E-state index in [2.05, 4.69) is 10.3 Å². The van der Waals surface area contributed by atoms with Gasteiger partial charge in [-0.3, -0.25) is 19.7 Å². The summed E-state index contributed by atoms with van der Waals surface area (Å²) in [4.78, 5) is 38.3. The Kier molecular flexibility index (Phi) is 4.66. The molecule has 0 aliphatic heterocycles. The predicted octanol–water partition coefficient (Wildman–Crippen LogP) is 3.55. The molecular weight excluding hydrogens is 374 g/mol. The topological polar surface area (TPSA) is 118 Å². The normalized spacial score (nSPS) is 11.9. The van der Waals surface area contributed by atoms with Gasteiger partial charge in [-0.05, 0) is 23.8 Å². The van der Waals surface area contributed by atoms with E-state index in [1.807, 2.05) is 30.3 Å². The van der Waals surface area contributed by atoms with Crippen LogP contribution in [0.2, 0.25) is 0 Å². The van der Waals surface area contributed by atoms with Crippen molar-refractivity contribution in [1.29, 1.82) is 0 Å². The van der Waals surface area contributed by atoms with Gasteiger partial charge in [0.1, 0.15) is 11.8 Å². The quantitative estimate of drug-likeness (QED) is 0.400. The average Bonchev–Trinajstić information content (AvgIpc) is 3.26. The SMILES string of the molecule is O=C(NC(c1ccccc1)c1ccco1)c1cc(=O)[nH]c2ccc([N+](=O)[O-])cc12. The molecular formula is C21H15N3O5. The van der Waals surface area contributed by atoms with Crippen LogP contribution in [0.25, 0.3) is 10.9 Å². The van der Waals surface area contributed by atoms with E-state index in [0.717, 1.165) is 11.6 Å². The molecule has 0 fully saturated rings. The number of fused-ring (bicyclic) bond motifs is 1. The summed E-state index contributed by atoms with van der Waals surface area (Å²) in [5.41, 5.74) is 0.508. The lowest BCUT2D eigenvalue weighted by atomic mass is 10.0. The number of amides is 1. The predicted molar refractivity (Wildman–Crippen MR) is 106 cm³/mol. The summed E-state index contributed by atoms with van der Waals surface area (Å²) in [7, 11) is 0. The van der Waals surface area contributed by atoms with Gasteiger partial charge in [-0.25, -0.2) is 0 Å². The highest BCUT2D eigenvalue weighted by atomic mass is 16.6. The van der Waals surface area contributed by atoms with Crippen LogP contribution in [-0.2, 0) is 0 Å². The van der Waals surface area contributed by atoms with Crippen LogP contribution in [0.1, 0.15) is 27.7 Å². The van der Waals surface area contributed by atoms with E-state index in [4.69, 9.17) is 4.42 Å². The minimum Gasteiger partial charge on any atom is -0.467 e. The zero-order chi connectivity index (χ0) is 20.4. The lowest BCUT2D eigenvalue weighted by molar-refractivity contribution is -0.384. The lowest BCUT2D eigenvalue weighted by Gasteiger charge is -2.18. The third-order valence-corrected chi connectivity index (χ3v) is 4.52. The number of nitrogens with one attached hydrogen (secondary N) is 2. The maximum Gasteiger partial charge on any atom is 0.270 e. The zero-order valence-electron chi connectivity index (χ0n) is 15.0. The first-order chi connectivity index (χ1) is 14.0. The molecule has 2 N–H and O–H groups in total.